The van der Waals surface area contributed by atoms with Gasteiger partial charge in [0.15, 0.2) is 0 Å². The lowest BCUT2D eigenvalue weighted by Crippen LogP contribution is -2.22. The van der Waals surface area contributed by atoms with Crippen LogP contribution in [0, 0.1) is 11.3 Å². The molecule has 0 atom stereocenters. The number of anilines is 1. The van der Waals surface area contributed by atoms with E-state index in [1.165, 1.54) is 0 Å². The molecule has 5 heteroatoms. The van der Waals surface area contributed by atoms with Gasteiger partial charge in [-0.1, -0.05) is 29.3 Å². The van der Waals surface area contributed by atoms with E-state index in [1.807, 2.05) is 24.4 Å². The number of nitrogens with one attached hydrogen (secondary N) is 1. The van der Waals surface area contributed by atoms with Gasteiger partial charge in [-0.2, -0.15) is 5.26 Å². The summed E-state index contributed by atoms with van der Waals surface area (Å²) in [4.78, 5) is 0. The second-order valence-electron chi connectivity index (χ2n) is 5.86. The smallest absolute Gasteiger partial charge is 0.107 e. The lowest BCUT2D eigenvalue weighted by Gasteiger charge is -2.25. The van der Waals surface area contributed by atoms with E-state index in [-0.39, 0.29) is 5.54 Å². The van der Waals surface area contributed by atoms with E-state index in [2.05, 4.69) is 36.7 Å². The van der Waals surface area contributed by atoms with E-state index in [9.17, 15) is 0 Å². The third-order valence-electron chi connectivity index (χ3n) is 3.15. The van der Waals surface area contributed by atoms with E-state index in [4.69, 9.17) is 28.5 Å². The first-order chi connectivity index (χ1) is 9.81. The summed E-state index contributed by atoms with van der Waals surface area (Å²) in [6.07, 6.45) is 1.85. The van der Waals surface area contributed by atoms with E-state index in [0.717, 1.165) is 11.4 Å². The molecule has 2 aromatic rings. The van der Waals surface area contributed by atoms with Crippen LogP contribution in [0.25, 0.3) is 0 Å². The Kier molecular flexibility index (Phi) is 4.51. The summed E-state index contributed by atoms with van der Waals surface area (Å²) in [5.41, 5.74) is 1.48. The van der Waals surface area contributed by atoms with Gasteiger partial charge in [0.2, 0.25) is 0 Å². The van der Waals surface area contributed by atoms with Gasteiger partial charge in [0.05, 0.1) is 5.56 Å². The Labute approximate surface area is 135 Å². The first-order valence-electron chi connectivity index (χ1n) is 6.62. The summed E-state index contributed by atoms with van der Waals surface area (Å²) < 4.78 is 2.05. The first kappa shape index (κ1) is 15.8. The van der Waals surface area contributed by atoms with Crippen LogP contribution in [0.3, 0.4) is 0 Å². The van der Waals surface area contributed by atoms with Crippen molar-refractivity contribution in [3.8, 4) is 6.07 Å². The second kappa shape index (κ2) is 6.01. The fourth-order valence-corrected chi connectivity index (χ4v) is 2.54. The van der Waals surface area contributed by atoms with Gasteiger partial charge in [0.25, 0.3) is 0 Å². The van der Waals surface area contributed by atoms with E-state index >= 15 is 0 Å². The number of hydrogen-bond donors (Lipinski definition) is 1. The molecule has 0 aliphatic heterocycles. The number of benzene rings is 1. The highest BCUT2D eigenvalue weighted by molar-refractivity contribution is 6.35. The largest absolute Gasteiger partial charge is 0.367 e. The normalized spacial score (nSPS) is 11.2. The second-order valence-corrected chi connectivity index (χ2v) is 6.70. The molecule has 0 saturated carbocycles. The van der Waals surface area contributed by atoms with Crippen molar-refractivity contribution in [2.45, 2.75) is 32.9 Å². The lowest BCUT2D eigenvalue weighted by atomic mass is 10.1. The molecule has 0 saturated heterocycles. The molecule has 0 aliphatic carbocycles. The molecule has 0 fully saturated rings. The number of hydrogen-bond acceptors (Lipinski definition) is 2. The van der Waals surface area contributed by atoms with E-state index in [1.54, 1.807) is 6.07 Å². The van der Waals surface area contributed by atoms with Gasteiger partial charge in [-0.25, -0.2) is 0 Å². The maximum Gasteiger partial charge on any atom is 0.107 e. The van der Waals surface area contributed by atoms with Gasteiger partial charge >= 0.3 is 0 Å². The lowest BCUT2D eigenvalue weighted by molar-refractivity contribution is 0.402. The summed E-state index contributed by atoms with van der Waals surface area (Å²) in [5.74, 6) is 0.894. The van der Waals surface area contributed by atoms with Crippen LogP contribution in [0.5, 0.6) is 0 Å². The average molecular weight is 322 g/mol. The number of nitriles is 1. The highest BCUT2D eigenvalue weighted by Crippen LogP contribution is 2.26. The minimum atomic E-state index is -0.110. The van der Waals surface area contributed by atoms with Gasteiger partial charge in [-0.15, -0.1) is 0 Å². The Morgan fingerprint density at radius 3 is 2.52 bits per heavy atom. The molecular weight excluding hydrogens is 305 g/mol. The topological polar surface area (TPSA) is 40.8 Å². The molecule has 0 unspecified atom stereocenters. The highest BCUT2D eigenvalue weighted by atomic mass is 35.5. The van der Waals surface area contributed by atoms with Crippen LogP contribution in [-0.2, 0) is 12.1 Å². The Morgan fingerprint density at radius 1 is 1.24 bits per heavy atom. The summed E-state index contributed by atoms with van der Waals surface area (Å²) in [6.45, 7) is 6.85. The average Bonchev–Trinajstić information content (AvgIpc) is 2.81. The van der Waals surface area contributed by atoms with Crippen molar-refractivity contribution >= 4 is 29.0 Å². The third kappa shape index (κ3) is 3.72. The molecule has 1 N–H and O–H groups in total. The van der Waals surface area contributed by atoms with Crippen molar-refractivity contribution < 1.29 is 0 Å². The van der Waals surface area contributed by atoms with Crippen molar-refractivity contribution in [1.29, 1.82) is 5.26 Å². The molecule has 2 rings (SSSR count). The van der Waals surface area contributed by atoms with Crippen LogP contribution in [-0.4, -0.2) is 4.57 Å². The molecule has 0 aliphatic rings. The number of rotatable bonds is 3. The predicted octanol–water partition coefficient (Wildman–Crippen LogP) is 5.03. The monoisotopic (exact) mass is 321 g/mol. The summed E-state index contributed by atoms with van der Waals surface area (Å²) >= 11 is 12.1. The molecule has 0 spiro atoms. The summed E-state index contributed by atoms with van der Waals surface area (Å²) in [6, 6.07) is 9.45. The maximum atomic E-state index is 9.07. The maximum absolute atomic E-state index is 9.07. The van der Waals surface area contributed by atoms with Gasteiger partial charge < -0.3 is 9.88 Å². The van der Waals surface area contributed by atoms with Crippen LogP contribution in [0.1, 0.15) is 31.9 Å². The quantitative estimate of drug-likeness (QED) is 0.860. The molecule has 110 valence electrons. The molecule has 0 bridgehead atoms. The zero-order valence-electron chi connectivity index (χ0n) is 12.2. The fourth-order valence-electron chi connectivity index (χ4n) is 2.07. The third-order valence-corrected chi connectivity index (χ3v) is 3.73. The standard InChI is InChI=1S/C16H17Cl2N3/c1-16(2,3)21-10-11(8-19)6-15(21)20-9-12-4-5-13(17)7-14(12)18/h4-7,10,20H,9H2,1-3H3. The van der Waals surface area contributed by atoms with Gasteiger partial charge in [-0.05, 0) is 44.5 Å². The van der Waals surface area contributed by atoms with Crippen LogP contribution in [0.2, 0.25) is 10.0 Å². The minimum Gasteiger partial charge on any atom is -0.367 e. The molecule has 0 amide bonds. The van der Waals surface area contributed by atoms with Crippen molar-refractivity contribution in [3.63, 3.8) is 0 Å². The van der Waals surface area contributed by atoms with Crippen molar-refractivity contribution in [3.05, 3.63) is 51.6 Å². The summed E-state index contributed by atoms with van der Waals surface area (Å²) in [5, 5.41) is 13.7. The Balaban J connectivity index is 2.24. The molecule has 0 radical (unpaired) electrons. The SMILES string of the molecule is CC(C)(C)n1cc(C#N)cc1NCc1ccc(Cl)cc1Cl. The first-order valence-corrected chi connectivity index (χ1v) is 7.37. The Morgan fingerprint density at radius 2 is 1.95 bits per heavy atom. The van der Waals surface area contributed by atoms with Crippen molar-refractivity contribution in [2.24, 2.45) is 0 Å². The molecule has 3 nitrogen and oxygen atoms in total. The molecule has 1 aromatic carbocycles. The molecular formula is C16H17Cl2N3. The predicted molar refractivity (Wildman–Crippen MR) is 87.9 cm³/mol. The minimum absolute atomic E-state index is 0.110. The Bertz CT molecular complexity index is 691. The summed E-state index contributed by atoms with van der Waals surface area (Å²) in [7, 11) is 0. The van der Waals surface area contributed by atoms with Crippen LogP contribution in [0.15, 0.2) is 30.5 Å². The number of halogens is 2. The van der Waals surface area contributed by atoms with Crippen LogP contribution < -0.4 is 5.32 Å². The zero-order valence-corrected chi connectivity index (χ0v) is 13.8. The fraction of sp³-hybridized carbons (Fsp3) is 0.312. The van der Waals surface area contributed by atoms with Crippen molar-refractivity contribution in [1.82, 2.24) is 4.57 Å². The highest BCUT2D eigenvalue weighted by Gasteiger charge is 2.17. The molecule has 21 heavy (non-hydrogen) atoms. The van der Waals surface area contributed by atoms with Crippen molar-refractivity contribution in [2.75, 3.05) is 5.32 Å². The van der Waals surface area contributed by atoms with Crippen LogP contribution >= 0.6 is 23.2 Å². The zero-order chi connectivity index (χ0) is 15.6. The van der Waals surface area contributed by atoms with Gasteiger partial charge in [-0.3, -0.25) is 0 Å². The molecule has 1 aromatic heterocycles. The van der Waals surface area contributed by atoms with Crippen LogP contribution in [0.4, 0.5) is 5.82 Å². The van der Waals surface area contributed by atoms with Gasteiger partial charge in [0.1, 0.15) is 11.9 Å². The van der Waals surface area contributed by atoms with E-state index in [0.29, 0.717) is 22.2 Å². The van der Waals surface area contributed by atoms with E-state index < -0.39 is 0 Å². The molecule has 1 heterocycles. The number of nitrogens with zero attached hydrogens (tertiary/aromatic N) is 2. The Hall–Kier alpha value is -1.63. The van der Waals surface area contributed by atoms with Gasteiger partial charge in [0, 0.05) is 28.3 Å². The number of aromatic nitrogens is 1.